The Bertz CT molecular complexity index is 322. The Morgan fingerprint density at radius 2 is 1.75 bits per heavy atom. The molecule has 0 bridgehead atoms. The third-order valence-electron chi connectivity index (χ3n) is 2.55. The molecule has 0 aliphatic heterocycles. The van der Waals surface area contributed by atoms with Crippen LogP contribution in [0.1, 0.15) is 47.5 Å². The molecule has 0 radical (unpaired) electrons. The molecule has 0 saturated carbocycles. The van der Waals surface area contributed by atoms with Gasteiger partial charge >= 0.3 is 12.1 Å². The summed E-state index contributed by atoms with van der Waals surface area (Å²) in [6, 6.07) is 0. The van der Waals surface area contributed by atoms with E-state index in [0.717, 1.165) is 0 Å². The first-order chi connectivity index (χ1) is 9.08. The second-order valence-corrected chi connectivity index (χ2v) is 6.34. The molecule has 0 fully saturated rings. The highest BCUT2D eigenvalue weighted by molar-refractivity contribution is 5.76. The van der Waals surface area contributed by atoms with Crippen LogP contribution in [0.4, 0.5) is 4.79 Å². The Labute approximate surface area is 121 Å². The summed E-state index contributed by atoms with van der Waals surface area (Å²) in [4.78, 5) is 23.3. The first-order valence-corrected chi connectivity index (χ1v) is 6.92. The smallest absolute Gasteiger partial charge is 0.407 e. The summed E-state index contributed by atoms with van der Waals surface area (Å²) in [5.41, 5.74) is 4.16. The van der Waals surface area contributed by atoms with Crippen molar-refractivity contribution >= 4 is 12.1 Å². The van der Waals surface area contributed by atoms with Crippen molar-refractivity contribution in [3.8, 4) is 0 Å². The van der Waals surface area contributed by atoms with E-state index in [0.29, 0.717) is 32.5 Å². The summed E-state index contributed by atoms with van der Waals surface area (Å²) in [7, 11) is 0. The Kier molecular flexibility index (Phi) is 7.57. The number of esters is 1. The van der Waals surface area contributed by atoms with E-state index < -0.39 is 17.1 Å². The number of nitrogens with two attached hydrogens (primary N) is 1. The third-order valence-corrected chi connectivity index (χ3v) is 2.55. The van der Waals surface area contributed by atoms with Crippen molar-refractivity contribution in [1.82, 2.24) is 5.32 Å². The van der Waals surface area contributed by atoms with Crippen molar-refractivity contribution in [1.29, 1.82) is 0 Å². The first kappa shape index (κ1) is 18.7. The lowest BCUT2D eigenvalue weighted by Crippen LogP contribution is -2.36. The van der Waals surface area contributed by atoms with Crippen LogP contribution in [0.3, 0.4) is 0 Å². The number of alkyl carbamates (subject to hydrolysis) is 1. The molecule has 0 atom stereocenters. The van der Waals surface area contributed by atoms with Gasteiger partial charge in [0.1, 0.15) is 5.60 Å². The van der Waals surface area contributed by atoms with E-state index in [9.17, 15) is 9.59 Å². The lowest BCUT2D eigenvalue weighted by molar-refractivity contribution is -0.154. The number of rotatable bonds is 7. The molecule has 0 spiro atoms. The Balaban J connectivity index is 4.03. The van der Waals surface area contributed by atoms with Gasteiger partial charge in [-0.15, -0.1) is 0 Å². The van der Waals surface area contributed by atoms with Crippen molar-refractivity contribution in [2.45, 2.75) is 53.1 Å². The maximum atomic E-state index is 11.8. The van der Waals surface area contributed by atoms with Gasteiger partial charge in [-0.1, -0.05) is 0 Å². The van der Waals surface area contributed by atoms with Crippen LogP contribution in [-0.4, -0.2) is 37.4 Å². The van der Waals surface area contributed by atoms with Gasteiger partial charge in [0.05, 0.1) is 12.0 Å². The molecule has 0 rings (SSSR count). The van der Waals surface area contributed by atoms with Gasteiger partial charge in [-0.05, 0) is 54.0 Å². The molecular formula is C14H28N2O4. The van der Waals surface area contributed by atoms with Gasteiger partial charge < -0.3 is 20.5 Å². The molecule has 0 unspecified atom stereocenters. The molecule has 0 aromatic heterocycles. The van der Waals surface area contributed by atoms with Crippen LogP contribution in [0.15, 0.2) is 0 Å². The van der Waals surface area contributed by atoms with Crippen LogP contribution in [-0.2, 0) is 14.3 Å². The van der Waals surface area contributed by atoms with Crippen LogP contribution in [0, 0.1) is 5.41 Å². The lowest BCUT2D eigenvalue weighted by Gasteiger charge is -2.23. The molecule has 0 aliphatic rings. The van der Waals surface area contributed by atoms with Crippen LogP contribution in [0.25, 0.3) is 0 Å². The minimum absolute atomic E-state index is 0.281. The zero-order valence-electron chi connectivity index (χ0n) is 13.2. The minimum Gasteiger partial charge on any atom is -0.465 e. The molecule has 3 N–H and O–H groups in total. The van der Waals surface area contributed by atoms with Crippen molar-refractivity contribution < 1.29 is 19.1 Å². The maximum absolute atomic E-state index is 11.8. The van der Waals surface area contributed by atoms with Gasteiger partial charge in [0, 0.05) is 6.54 Å². The van der Waals surface area contributed by atoms with Gasteiger partial charge in [-0.3, -0.25) is 4.79 Å². The standard InChI is InChI=1S/C14H28N2O4/c1-13(2,3)20-12(18)16-9-7-14(4,5)11(17)19-10-6-8-15/h6-10,15H2,1-5H3,(H,16,18). The number of ether oxygens (including phenoxy) is 2. The van der Waals surface area contributed by atoms with Gasteiger partial charge in [-0.25, -0.2) is 4.79 Å². The zero-order chi connectivity index (χ0) is 15.8. The Hall–Kier alpha value is -1.30. The lowest BCUT2D eigenvalue weighted by atomic mass is 9.89. The fourth-order valence-electron chi connectivity index (χ4n) is 1.34. The molecule has 0 aromatic rings. The van der Waals surface area contributed by atoms with E-state index in [1.807, 2.05) is 0 Å². The number of carbonyl (C=O) groups is 2. The highest BCUT2D eigenvalue weighted by Crippen LogP contribution is 2.21. The molecular weight excluding hydrogens is 260 g/mol. The zero-order valence-corrected chi connectivity index (χ0v) is 13.2. The number of carbonyl (C=O) groups excluding carboxylic acids is 2. The molecule has 6 heteroatoms. The second-order valence-electron chi connectivity index (χ2n) is 6.34. The van der Waals surface area contributed by atoms with Gasteiger partial charge in [-0.2, -0.15) is 0 Å². The summed E-state index contributed by atoms with van der Waals surface area (Å²) in [6.07, 6.45) is 0.649. The largest absolute Gasteiger partial charge is 0.465 e. The third kappa shape index (κ3) is 8.74. The van der Waals surface area contributed by atoms with E-state index >= 15 is 0 Å². The quantitative estimate of drug-likeness (QED) is 0.551. The number of amides is 1. The predicted octanol–water partition coefficient (Wildman–Crippen LogP) is 1.82. The molecule has 1 amide bonds. The molecule has 0 aromatic carbocycles. The highest BCUT2D eigenvalue weighted by Gasteiger charge is 2.29. The second kappa shape index (κ2) is 8.09. The highest BCUT2D eigenvalue weighted by atomic mass is 16.6. The van der Waals surface area contributed by atoms with Gasteiger partial charge in [0.2, 0.25) is 0 Å². The Morgan fingerprint density at radius 3 is 2.25 bits per heavy atom. The van der Waals surface area contributed by atoms with Crippen molar-refractivity contribution in [2.24, 2.45) is 11.1 Å². The SMILES string of the molecule is CC(C)(C)OC(=O)NCCC(C)(C)C(=O)OCCCN. The summed E-state index contributed by atoms with van der Waals surface area (Å²) in [5.74, 6) is -0.281. The number of hydrogen-bond donors (Lipinski definition) is 2. The normalized spacial score (nSPS) is 11.9. The van der Waals surface area contributed by atoms with Gasteiger partial charge in [0.15, 0.2) is 0 Å². The van der Waals surface area contributed by atoms with Crippen molar-refractivity contribution in [3.63, 3.8) is 0 Å². The molecule has 6 nitrogen and oxygen atoms in total. The van der Waals surface area contributed by atoms with Gasteiger partial charge in [0.25, 0.3) is 0 Å². The number of hydrogen-bond acceptors (Lipinski definition) is 5. The minimum atomic E-state index is -0.649. The summed E-state index contributed by atoms with van der Waals surface area (Å²) >= 11 is 0. The number of nitrogens with one attached hydrogen (secondary N) is 1. The topological polar surface area (TPSA) is 90.6 Å². The van der Waals surface area contributed by atoms with Crippen LogP contribution >= 0.6 is 0 Å². The van der Waals surface area contributed by atoms with E-state index in [1.54, 1.807) is 34.6 Å². The summed E-state index contributed by atoms with van der Waals surface area (Å²) < 4.78 is 10.2. The van der Waals surface area contributed by atoms with Crippen molar-refractivity contribution in [2.75, 3.05) is 19.7 Å². The average molecular weight is 288 g/mol. The fraction of sp³-hybridized carbons (Fsp3) is 0.857. The molecule has 0 saturated heterocycles. The van der Waals surface area contributed by atoms with Crippen molar-refractivity contribution in [3.05, 3.63) is 0 Å². The van der Waals surface area contributed by atoms with E-state index in [2.05, 4.69) is 5.32 Å². The molecule has 0 aliphatic carbocycles. The molecule has 0 heterocycles. The van der Waals surface area contributed by atoms with Crippen LogP contribution in [0.5, 0.6) is 0 Å². The summed E-state index contributed by atoms with van der Waals surface area (Å²) in [5, 5.41) is 2.63. The summed E-state index contributed by atoms with van der Waals surface area (Å²) in [6.45, 7) is 10.1. The Morgan fingerprint density at radius 1 is 1.15 bits per heavy atom. The first-order valence-electron chi connectivity index (χ1n) is 6.92. The predicted molar refractivity (Wildman–Crippen MR) is 77.3 cm³/mol. The molecule has 20 heavy (non-hydrogen) atoms. The van der Waals surface area contributed by atoms with E-state index in [1.165, 1.54) is 0 Å². The van der Waals surface area contributed by atoms with Crippen LogP contribution in [0.2, 0.25) is 0 Å². The van der Waals surface area contributed by atoms with Crippen LogP contribution < -0.4 is 11.1 Å². The van der Waals surface area contributed by atoms with E-state index in [4.69, 9.17) is 15.2 Å². The fourth-order valence-corrected chi connectivity index (χ4v) is 1.34. The average Bonchev–Trinajstić information content (AvgIpc) is 2.26. The van der Waals surface area contributed by atoms with E-state index in [-0.39, 0.29) is 5.97 Å². The molecule has 118 valence electrons. The monoisotopic (exact) mass is 288 g/mol. The maximum Gasteiger partial charge on any atom is 0.407 e.